The van der Waals surface area contributed by atoms with Crippen molar-refractivity contribution in [2.24, 2.45) is 0 Å². The summed E-state index contributed by atoms with van der Waals surface area (Å²) < 4.78 is 4.82. The molecule has 0 spiro atoms. The minimum atomic E-state index is -0.423. The smallest absolute Gasteiger partial charge is 0.330 e. The second-order valence-electron chi connectivity index (χ2n) is 4.37. The van der Waals surface area contributed by atoms with Gasteiger partial charge < -0.3 is 10.1 Å². The van der Waals surface area contributed by atoms with Crippen molar-refractivity contribution in [3.63, 3.8) is 0 Å². The molecule has 98 valence electrons. The van der Waals surface area contributed by atoms with Crippen LogP contribution in [-0.4, -0.2) is 24.5 Å². The second kappa shape index (κ2) is 6.66. The molecule has 0 amide bonds. The van der Waals surface area contributed by atoms with Crippen molar-refractivity contribution in [1.29, 1.82) is 0 Å². The van der Waals surface area contributed by atoms with E-state index in [1.807, 2.05) is 17.5 Å². The maximum absolute atomic E-state index is 11.5. The van der Waals surface area contributed by atoms with Crippen LogP contribution < -0.4 is 5.32 Å². The first-order chi connectivity index (χ1) is 8.75. The molecule has 1 N–H and O–H groups in total. The van der Waals surface area contributed by atoms with Crippen LogP contribution in [0.25, 0.3) is 0 Å². The quantitative estimate of drug-likeness (QED) is 0.654. The predicted octanol–water partition coefficient (Wildman–Crippen LogP) is 1.89. The summed E-state index contributed by atoms with van der Waals surface area (Å²) in [5.41, 5.74) is 0. The number of nitrogens with one attached hydrogen (secondary N) is 1. The van der Waals surface area contributed by atoms with E-state index in [1.54, 1.807) is 11.3 Å². The molecule has 4 nitrogen and oxygen atoms in total. The average Bonchev–Trinajstić information content (AvgIpc) is 3.02. The van der Waals surface area contributed by atoms with E-state index in [1.165, 1.54) is 4.88 Å². The molecule has 1 aliphatic rings. The Morgan fingerprint density at radius 2 is 2.39 bits per heavy atom. The molecule has 0 aromatic carbocycles. The Hall–Kier alpha value is -1.20. The van der Waals surface area contributed by atoms with Gasteiger partial charge in [-0.15, -0.1) is 11.3 Å². The van der Waals surface area contributed by atoms with Gasteiger partial charge in [0.25, 0.3) is 0 Å². The van der Waals surface area contributed by atoms with Crippen molar-refractivity contribution < 1.29 is 14.3 Å². The highest BCUT2D eigenvalue weighted by Gasteiger charge is 2.25. The topological polar surface area (TPSA) is 55.4 Å². The predicted molar refractivity (Wildman–Crippen MR) is 69.4 cm³/mol. The van der Waals surface area contributed by atoms with Crippen LogP contribution in [-0.2, 0) is 20.7 Å². The molecule has 0 saturated carbocycles. The van der Waals surface area contributed by atoms with Gasteiger partial charge in [-0.1, -0.05) is 6.07 Å². The van der Waals surface area contributed by atoms with Gasteiger partial charge in [-0.25, -0.2) is 4.79 Å². The molecule has 0 aliphatic carbocycles. The van der Waals surface area contributed by atoms with Gasteiger partial charge in [0.15, 0.2) is 0 Å². The lowest BCUT2D eigenvalue weighted by Gasteiger charge is -2.08. The Balaban J connectivity index is 1.64. The van der Waals surface area contributed by atoms with Crippen LogP contribution >= 0.6 is 11.3 Å². The lowest BCUT2D eigenvalue weighted by atomic mass is 10.2. The zero-order valence-electron chi connectivity index (χ0n) is 10.2. The maximum atomic E-state index is 11.5. The SMILES string of the molecule is O=C(CCCc1cccs1)OC(=O)[C@@H]1CCCN1. The van der Waals surface area contributed by atoms with Crippen LogP contribution in [0.2, 0.25) is 0 Å². The van der Waals surface area contributed by atoms with E-state index >= 15 is 0 Å². The molecule has 1 saturated heterocycles. The average molecular weight is 267 g/mol. The first kappa shape index (κ1) is 13.2. The third kappa shape index (κ3) is 3.92. The number of rotatable bonds is 5. The molecule has 5 heteroatoms. The van der Waals surface area contributed by atoms with Gasteiger partial charge in [0.2, 0.25) is 0 Å². The number of carbonyl (C=O) groups excluding carboxylic acids is 2. The molecule has 1 fully saturated rings. The minimum absolute atomic E-state index is 0.286. The van der Waals surface area contributed by atoms with Gasteiger partial charge in [0, 0.05) is 11.3 Å². The highest BCUT2D eigenvalue weighted by atomic mass is 32.1. The van der Waals surface area contributed by atoms with E-state index < -0.39 is 11.9 Å². The van der Waals surface area contributed by atoms with E-state index in [4.69, 9.17) is 4.74 Å². The first-order valence-corrected chi connectivity index (χ1v) is 7.14. The molecule has 2 heterocycles. The summed E-state index contributed by atoms with van der Waals surface area (Å²) in [5.74, 6) is -0.834. The van der Waals surface area contributed by atoms with Gasteiger partial charge in [-0.05, 0) is 43.7 Å². The summed E-state index contributed by atoms with van der Waals surface area (Å²) in [4.78, 5) is 24.3. The Morgan fingerprint density at radius 1 is 1.50 bits per heavy atom. The number of esters is 2. The fourth-order valence-electron chi connectivity index (χ4n) is 1.98. The van der Waals surface area contributed by atoms with Gasteiger partial charge in [0.05, 0.1) is 0 Å². The highest BCUT2D eigenvalue weighted by molar-refractivity contribution is 7.09. The van der Waals surface area contributed by atoms with E-state index in [9.17, 15) is 9.59 Å². The van der Waals surface area contributed by atoms with Crippen molar-refractivity contribution in [2.75, 3.05) is 6.54 Å². The first-order valence-electron chi connectivity index (χ1n) is 6.26. The van der Waals surface area contributed by atoms with Crippen LogP contribution in [0.4, 0.5) is 0 Å². The zero-order valence-corrected chi connectivity index (χ0v) is 11.0. The fourth-order valence-corrected chi connectivity index (χ4v) is 2.73. The van der Waals surface area contributed by atoms with Crippen molar-refractivity contribution in [1.82, 2.24) is 5.32 Å². The Morgan fingerprint density at radius 3 is 3.06 bits per heavy atom. The third-order valence-electron chi connectivity index (χ3n) is 2.94. The van der Waals surface area contributed by atoms with E-state index in [-0.39, 0.29) is 6.04 Å². The summed E-state index contributed by atoms with van der Waals surface area (Å²) in [6.07, 6.45) is 3.62. The molecule has 18 heavy (non-hydrogen) atoms. The summed E-state index contributed by atoms with van der Waals surface area (Å²) in [7, 11) is 0. The Kier molecular flexibility index (Phi) is 4.90. The molecule has 0 unspecified atom stereocenters. The number of thiophene rings is 1. The number of hydrogen-bond donors (Lipinski definition) is 1. The normalized spacial score (nSPS) is 18.8. The van der Waals surface area contributed by atoms with Gasteiger partial charge in [-0.2, -0.15) is 0 Å². The Labute approximate surface area is 110 Å². The molecule has 1 aliphatic heterocycles. The van der Waals surface area contributed by atoms with Crippen LogP contribution in [0.1, 0.15) is 30.6 Å². The van der Waals surface area contributed by atoms with Crippen LogP contribution in [0.5, 0.6) is 0 Å². The summed E-state index contributed by atoms with van der Waals surface area (Å²) in [6.45, 7) is 0.826. The van der Waals surface area contributed by atoms with E-state index in [0.717, 1.165) is 32.2 Å². The zero-order chi connectivity index (χ0) is 12.8. The van der Waals surface area contributed by atoms with Crippen LogP contribution in [0.15, 0.2) is 17.5 Å². The second-order valence-corrected chi connectivity index (χ2v) is 5.41. The summed E-state index contributed by atoms with van der Waals surface area (Å²) >= 11 is 1.68. The molecular formula is C13H17NO3S. The largest absolute Gasteiger partial charge is 0.392 e. The molecule has 1 aromatic rings. The van der Waals surface area contributed by atoms with Gasteiger partial charge in [-0.3, -0.25) is 4.79 Å². The van der Waals surface area contributed by atoms with Crippen molar-refractivity contribution in [3.05, 3.63) is 22.4 Å². The molecule has 0 radical (unpaired) electrons. The number of carbonyl (C=O) groups is 2. The number of hydrogen-bond acceptors (Lipinski definition) is 5. The van der Waals surface area contributed by atoms with E-state index in [2.05, 4.69) is 5.32 Å². The molecule has 1 atom stereocenters. The number of ether oxygens (including phenoxy) is 1. The Bertz CT molecular complexity index is 396. The van der Waals surface area contributed by atoms with Gasteiger partial charge in [0.1, 0.15) is 6.04 Å². The monoisotopic (exact) mass is 267 g/mol. The lowest BCUT2D eigenvalue weighted by molar-refractivity contribution is -0.160. The highest BCUT2D eigenvalue weighted by Crippen LogP contribution is 2.12. The van der Waals surface area contributed by atoms with Crippen molar-refractivity contribution in [3.8, 4) is 0 Å². The van der Waals surface area contributed by atoms with Gasteiger partial charge >= 0.3 is 11.9 Å². The van der Waals surface area contributed by atoms with Crippen LogP contribution in [0.3, 0.4) is 0 Å². The molecule has 1 aromatic heterocycles. The van der Waals surface area contributed by atoms with Crippen LogP contribution in [0, 0.1) is 0 Å². The minimum Gasteiger partial charge on any atom is -0.392 e. The van der Waals surface area contributed by atoms with Crippen molar-refractivity contribution >= 4 is 23.3 Å². The third-order valence-corrected chi connectivity index (χ3v) is 3.88. The molecular weight excluding hydrogens is 250 g/mol. The molecule has 0 bridgehead atoms. The van der Waals surface area contributed by atoms with Crippen molar-refractivity contribution in [2.45, 2.75) is 38.1 Å². The standard InChI is InChI=1S/C13H17NO3S/c15-12(7-1-4-10-5-3-9-18-10)17-13(16)11-6-2-8-14-11/h3,5,9,11,14H,1-2,4,6-8H2/t11-/m0/s1. The summed E-state index contributed by atoms with van der Waals surface area (Å²) in [5, 5.41) is 5.03. The number of aryl methyl sites for hydroxylation is 1. The fraction of sp³-hybridized carbons (Fsp3) is 0.538. The molecule has 2 rings (SSSR count). The summed E-state index contributed by atoms with van der Waals surface area (Å²) in [6, 6.07) is 3.75. The van der Waals surface area contributed by atoms with E-state index in [0.29, 0.717) is 6.42 Å². The maximum Gasteiger partial charge on any atom is 0.330 e. The lowest BCUT2D eigenvalue weighted by Crippen LogP contribution is -2.33.